The fraction of sp³-hybridized carbons (Fsp3) is 0.609. The summed E-state index contributed by atoms with van der Waals surface area (Å²) in [5.74, 6) is -0.720. The summed E-state index contributed by atoms with van der Waals surface area (Å²) in [7, 11) is 0. The van der Waals surface area contributed by atoms with Crippen LogP contribution < -0.4 is 5.32 Å². The number of nitrogens with one attached hydrogen (secondary N) is 1. The van der Waals surface area contributed by atoms with Crippen LogP contribution in [0.3, 0.4) is 0 Å². The molecule has 0 aromatic heterocycles. The Balaban J connectivity index is 1.38. The van der Waals surface area contributed by atoms with E-state index in [1.165, 1.54) is 24.3 Å². The van der Waals surface area contributed by atoms with E-state index in [1.807, 2.05) is 11.9 Å². The number of hydrogen-bond acceptors (Lipinski definition) is 6. The summed E-state index contributed by atoms with van der Waals surface area (Å²) in [5.41, 5.74) is 1.42. The molecule has 31 heavy (non-hydrogen) atoms. The first-order valence-corrected chi connectivity index (χ1v) is 11.1. The highest BCUT2D eigenvalue weighted by molar-refractivity contribution is 5.96. The predicted octanol–water partition coefficient (Wildman–Crippen LogP) is 2.76. The van der Waals surface area contributed by atoms with Crippen molar-refractivity contribution in [1.29, 1.82) is 0 Å². The highest BCUT2D eigenvalue weighted by atomic mass is 19.1. The highest BCUT2D eigenvalue weighted by Crippen LogP contribution is 2.42. The average molecular weight is 432 g/mol. The van der Waals surface area contributed by atoms with E-state index in [0.717, 1.165) is 38.2 Å². The molecule has 1 amide bonds. The lowest BCUT2D eigenvalue weighted by molar-refractivity contribution is -0.126. The molecular formula is C23H30FN3O4. The average Bonchev–Trinajstić information content (AvgIpc) is 3.06. The van der Waals surface area contributed by atoms with Gasteiger partial charge in [0.05, 0.1) is 12.2 Å². The van der Waals surface area contributed by atoms with Crippen molar-refractivity contribution >= 4 is 17.6 Å². The van der Waals surface area contributed by atoms with Crippen LogP contribution in [0.5, 0.6) is 0 Å². The molecule has 0 aliphatic carbocycles. The Kier molecular flexibility index (Phi) is 6.55. The first-order valence-electron chi connectivity index (χ1n) is 11.1. The molecule has 0 radical (unpaired) electrons. The van der Waals surface area contributed by atoms with E-state index in [2.05, 4.69) is 5.32 Å². The molecule has 2 atom stereocenters. The van der Waals surface area contributed by atoms with Crippen LogP contribution in [0.4, 0.5) is 4.39 Å². The molecule has 1 N–H and O–H groups in total. The lowest BCUT2D eigenvalue weighted by atomic mass is 9.71. The second kappa shape index (κ2) is 9.34. The smallest absolute Gasteiger partial charge is 0.338 e. The van der Waals surface area contributed by atoms with Gasteiger partial charge in [0.15, 0.2) is 0 Å². The fourth-order valence-corrected chi connectivity index (χ4v) is 4.93. The molecule has 0 saturated carbocycles. The van der Waals surface area contributed by atoms with Gasteiger partial charge in [-0.05, 0) is 68.7 Å². The van der Waals surface area contributed by atoms with Crippen molar-refractivity contribution in [3.05, 3.63) is 35.6 Å². The van der Waals surface area contributed by atoms with Gasteiger partial charge in [-0.3, -0.25) is 9.80 Å². The van der Waals surface area contributed by atoms with Crippen LogP contribution in [0.15, 0.2) is 29.4 Å². The Morgan fingerprint density at radius 3 is 2.77 bits per heavy atom. The Hall–Kier alpha value is -2.48. The predicted molar refractivity (Wildman–Crippen MR) is 113 cm³/mol. The van der Waals surface area contributed by atoms with Gasteiger partial charge in [-0.15, -0.1) is 0 Å². The van der Waals surface area contributed by atoms with Crippen LogP contribution in [0.1, 0.15) is 49.4 Å². The molecule has 3 heterocycles. The molecule has 1 aromatic rings. The maximum absolute atomic E-state index is 13.0. The molecular weight excluding hydrogens is 401 g/mol. The molecule has 3 aliphatic heterocycles. The second-order valence-corrected chi connectivity index (χ2v) is 8.68. The van der Waals surface area contributed by atoms with E-state index in [1.54, 1.807) is 0 Å². The third-order valence-electron chi connectivity index (χ3n) is 6.71. The Morgan fingerprint density at radius 1 is 1.32 bits per heavy atom. The minimum atomic E-state index is -0.462. The molecule has 7 nitrogen and oxygen atoms in total. The Bertz CT molecular complexity index is 836. The maximum atomic E-state index is 13.0. The molecule has 2 fully saturated rings. The number of likely N-dealkylation sites (N-methyl/N-ethyl adjacent to an activating group) is 1. The molecule has 0 bridgehead atoms. The van der Waals surface area contributed by atoms with Crippen molar-refractivity contribution in [2.45, 2.75) is 45.1 Å². The highest BCUT2D eigenvalue weighted by Gasteiger charge is 2.48. The SMILES string of the molecule is CCN1N=C(CCCOC(=O)c2ccc(F)cc2)C2CC3(CCOCC3)CNC(=O)C21. The number of rotatable bonds is 6. The van der Waals surface area contributed by atoms with Crippen LogP contribution in [0.2, 0.25) is 0 Å². The van der Waals surface area contributed by atoms with Crippen molar-refractivity contribution in [1.82, 2.24) is 10.3 Å². The second-order valence-electron chi connectivity index (χ2n) is 8.68. The first-order chi connectivity index (χ1) is 15.0. The number of fused-ring (bicyclic) bond motifs is 1. The summed E-state index contributed by atoms with van der Waals surface area (Å²) in [6.45, 7) is 5.10. The van der Waals surface area contributed by atoms with E-state index in [0.29, 0.717) is 31.5 Å². The molecule has 8 heteroatoms. The number of hydrogen-bond donors (Lipinski definition) is 1. The number of nitrogens with zero attached hydrogens (tertiary/aromatic N) is 2. The zero-order chi connectivity index (χ0) is 21.8. The number of hydrazone groups is 1. The number of carbonyl (C=O) groups is 2. The summed E-state index contributed by atoms with van der Waals surface area (Å²) < 4.78 is 23.9. The van der Waals surface area contributed by atoms with Crippen LogP contribution in [0, 0.1) is 17.2 Å². The number of carbonyl (C=O) groups excluding carboxylic acids is 2. The van der Waals surface area contributed by atoms with E-state index >= 15 is 0 Å². The zero-order valence-electron chi connectivity index (χ0n) is 17.9. The van der Waals surface area contributed by atoms with Gasteiger partial charge in [-0.25, -0.2) is 9.18 Å². The minimum Gasteiger partial charge on any atom is -0.462 e. The van der Waals surface area contributed by atoms with Crippen molar-refractivity contribution < 1.29 is 23.5 Å². The normalized spacial score (nSPS) is 24.9. The monoisotopic (exact) mass is 431 g/mol. The van der Waals surface area contributed by atoms with E-state index < -0.39 is 5.97 Å². The zero-order valence-corrected chi connectivity index (χ0v) is 17.9. The van der Waals surface area contributed by atoms with Crippen LogP contribution in [-0.2, 0) is 14.3 Å². The number of amides is 1. The van der Waals surface area contributed by atoms with Gasteiger partial charge in [0.1, 0.15) is 11.9 Å². The molecule has 2 saturated heterocycles. The molecule has 168 valence electrons. The van der Waals surface area contributed by atoms with E-state index in [-0.39, 0.29) is 35.7 Å². The summed E-state index contributed by atoms with van der Waals surface area (Å²) in [5, 5.41) is 9.84. The number of ether oxygens (including phenoxy) is 2. The van der Waals surface area contributed by atoms with Crippen molar-refractivity contribution in [3.63, 3.8) is 0 Å². The molecule has 3 aliphatic rings. The fourth-order valence-electron chi connectivity index (χ4n) is 4.93. The van der Waals surface area contributed by atoms with Gasteiger partial charge in [0, 0.05) is 37.9 Å². The van der Waals surface area contributed by atoms with Crippen LogP contribution in [-0.4, -0.2) is 61.5 Å². The summed E-state index contributed by atoms with van der Waals surface area (Å²) >= 11 is 0. The van der Waals surface area contributed by atoms with Gasteiger partial charge < -0.3 is 14.8 Å². The molecule has 2 unspecified atom stereocenters. The number of halogens is 1. The molecule has 1 spiro atoms. The van der Waals surface area contributed by atoms with E-state index in [9.17, 15) is 14.0 Å². The van der Waals surface area contributed by atoms with Crippen molar-refractivity contribution in [2.75, 3.05) is 32.9 Å². The first kappa shape index (κ1) is 21.7. The third-order valence-corrected chi connectivity index (χ3v) is 6.71. The van der Waals surface area contributed by atoms with Gasteiger partial charge in [0.25, 0.3) is 0 Å². The van der Waals surface area contributed by atoms with Crippen molar-refractivity contribution in [2.24, 2.45) is 16.4 Å². The lowest BCUT2D eigenvalue weighted by Gasteiger charge is -2.37. The van der Waals surface area contributed by atoms with Crippen LogP contribution in [0.25, 0.3) is 0 Å². The van der Waals surface area contributed by atoms with E-state index in [4.69, 9.17) is 14.6 Å². The standard InChI is InChI=1S/C23H30FN3O4/c1-2-27-20-18(14-23(15-25-21(20)28)9-12-30-13-10-23)19(26-27)4-3-11-31-22(29)16-5-7-17(24)8-6-16/h5-8,18,20H,2-4,9-15H2,1H3,(H,25,28). The van der Waals surface area contributed by atoms with Gasteiger partial charge >= 0.3 is 5.97 Å². The van der Waals surface area contributed by atoms with Gasteiger partial charge in [-0.2, -0.15) is 5.10 Å². The summed E-state index contributed by atoms with van der Waals surface area (Å²) in [6.07, 6.45) is 4.12. The number of esters is 1. The molecule has 1 aromatic carbocycles. The largest absolute Gasteiger partial charge is 0.462 e. The summed E-state index contributed by atoms with van der Waals surface area (Å²) in [4.78, 5) is 25.0. The molecule has 4 rings (SSSR count). The summed E-state index contributed by atoms with van der Waals surface area (Å²) in [6, 6.07) is 5.06. The Labute approximate surface area is 182 Å². The van der Waals surface area contributed by atoms with Crippen molar-refractivity contribution in [3.8, 4) is 0 Å². The topological polar surface area (TPSA) is 80.2 Å². The van der Waals surface area contributed by atoms with Gasteiger partial charge in [0.2, 0.25) is 5.91 Å². The quantitative estimate of drug-likeness (QED) is 0.553. The minimum absolute atomic E-state index is 0.0525. The maximum Gasteiger partial charge on any atom is 0.338 e. The number of benzene rings is 1. The lowest BCUT2D eigenvalue weighted by Crippen LogP contribution is -2.45. The Morgan fingerprint density at radius 2 is 2.06 bits per heavy atom. The third kappa shape index (κ3) is 4.74. The van der Waals surface area contributed by atoms with Crippen LogP contribution >= 0.6 is 0 Å². The van der Waals surface area contributed by atoms with Gasteiger partial charge in [-0.1, -0.05) is 0 Å².